The summed E-state index contributed by atoms with van der Waals surface area (Å²) >= 11 is 1.53. The predicted octanol–water partition coefficient (Wildman–Crippen LogP) is 0.766. The van der Waals surface area contributed by atoms with Crippen LogP contribution in [-0.4, -0.2) is 39.4 Å². The summed E-state index contributed by atoms with van der Waals surface area (Å²) < 4.78 is 19.7. The Kier molecular flexibility index (Phi) is 2.39. The zero-order valence-electron chi connectivity index (χ0n) is 10.6. The van der Waals surface area contributed by atoms with E-state index in [-0.39, 0.29) is 30.1 Å². The number of fused-ring (bicyclic) bond motifs is 7. The molecule has 0 N–H and O–H groups in total. The van der Waals surface area contributed by atoms with Gasteiger partial charge >= 0.3 is 0 Å². The van der Waals surface area contributed by atoms with Crippen LogP contribution in [0.1, 0.15) is 20.1 Å². The maximum atomic E-state index is 11.4. The van der Waals surface area contributed by atoms with Gasteiger partial charge in [0.15, 0.2) is 17.2 Å². The van der Waals surface area contributed by atoms with Crippen LogP contribution in [0.25, 0.3) is 0 Å². The fourth-order valence-corrected chi connectivity index (χ4v) is 3.92. The van der Waals surface area contributed by atoms with Crippen molar-refractivity contribution >= 4 is 11.8 Å². The number of thioether (sulfide) groups is 1. The van der Waals surface area contributed by atoms with Crippen molar-refractivity contribution < 1.29 is 14.2 Å². The standard InChI is InChI=1S/C12H14N2O4S/c1-12(2)17-8-6-5-19-11-13-7(15)3-4-14(11)10(16-6)9(8)18-12/h3-4,6,8-10H,5H2,1-2H3/t6-,8-,9-,10-/m0/s1. The largest absolute Gasteiger partial charge is 0.348 e. The molecule has 0 saturated carbocycles. The lowest BCUT2D eigenvalue weighted by Gasteiger charge is -2.23. The molecule has 2 saturated heterocycles. The third-order valence-electron chi connectivity index (χ3n) is 3.58. The molecule has 7 heteroatoms. The average molecular weight is 282 g/mol. The molecule has 0 aromatic carbocycles. The molecule has 4 heterocycles. The van der Waals surface area contributed by atoms with E-state index in [1.54, 1.807) is 6.20 Å². The van der Waals surface area contributed by atoms with E-state index in [1.807, 2.05) is 18.4 Å². The average Bonchev–Trinajstić information content (AvgIpc) is 2.73. The molecule has 19 heavy (non-hydrogen) atoms. The summed E-state index contributed by atoms with van der Waals surface area (Å²) in [4.78, 5) is 15.4. The summed E-state index contributed by atoms with van der Waals surface area (Å²) in [6.07, 6.45) is 1.22. The van der Waals surface area contributed by atoms with E-state index >= 15 is 0 Å². The molecule has 4 atom stereocenters. The van der Waals surface area contributed by atoms with Gasteiger partial charge in [0.2, 0.25) is 0 Å². The molecular weight excluding hydrogens is 268 g/mol. The van der Waals surface area contributed by atoms with Crippen LogP contribution in [0.4, 0.5) is 0 Å². The van der Waals surface area contributed by atoms with Crippen LogP contribution in [0.5, 0.6) is 0 Å². The first-order chi connectivity index (χ1) is 9.03. The van der Waals surface area contributed by atoms with Crippen molar-refractivity contribution in [3.05, 3.63) is 22.6 Å². The number of hydrogen-bond acceptors (Lipinski definition) is 6. The van der Waals surface area contributed by atoms with E-state index in [4.69, 9.17) is 14.2 Å². The highest BCUT2D eigenvalue weighted by molar-refractivity contribution is 7.99. The first-order valence-corrected chi connectivity index (χ1v) is 7.25. The molecule has 102 valence electrons. The van der Waals surface area contributed by atoms with Crippen LogP contribution < -0.4 is 5.56 Å². The summed E-state index contributed by atoms with van der Waals surface area (Å²) in [7, 11) is 0. The van der Waals surface area contributed by atoms with E-state index in [9.17, 15) is 4.79 Å². The molecule has 3 aliphatic rings. The lowest BCUT2D eigenvalue weighted by atomic mass is 10.1. The third kappa shape index (κ3) is 1.76. The van der Waals surface area contributed by atoms with Crippen molar-refractivity contribution in [2.24, 2.45) is 0 Å². The Hall–Kier alpha value is -0.890. The van der Waals surface area contributed by atoms with Gasteiger partial charge < -0.3 is 14.2 Å². The van der Waals surface area contributed by atoms with Gasteiger partial charge in [-0.1, -0.05) is 11.8 Å². The Labute approximate surface area is 114 Å². The van der Waals surface area contributed by atoms with Crippen molar-refractivity contribution in [2.75, 3.05) is 5.75 Å². The highest BCUT2D eigenvalue weighted by Crippen LogP contribution is 2.46. The quantitative estimate of drug-likeness (QED) is 0.655. The minimum absolute atomic E-state index is 0.0291. The fraction of sp³-hybridized carbons (Fsp3) is 0.667. The molecule has 0 unspecified atom stereocenters. The molecule has 0 amide bonds. The normalized spacial score (nSPS) is 38.6. The Bertz CT molecular complexity index is 587. The van der Waals surface area contributed by atoms with Gasteiger partial charge in [-0.05, 0) is 13.8 Å². The Balaban J connectivity index is 1.79. The van der Waals surface area contributed by atoms with Crippen LogP contribution in [-0.2, 0) is 14.2 Å². The van der Waals surface area contributed by atoms with Crippen molar-refractivity contribution in [3.8, 4) is 0 Å². The highest BCUT2D eigenvalue weighted by atomic mass is 32.2. The Morgan fingerprint density at radius 2 is 2.21 bits per heavy atom. The molecule has 0 spiro atoms. The van der Waals surface area contributed by atoms with Crippen molar-refractivity contribution in [2.45, 2.75) is 49.3 Å². The highest BCUT2D eigenvalue weighted by Gasteiger charge is 2.56. The second-order valence-electron chi connectivity index (χ2n) is 5.40. The van der Waals surface area contributed by atoms with Crippen molar-refractivity contribution in [3.63, 3.8) is 0 Å². The molecule has 3 aliphatic heterocycles. The van der Waals surface area contributed by atoms with E-state index in [1.165, 1.54) is 17.8 Å². The SMILES string of the molecule is CC1(C)O[C@@H]2[C@H](O1)[C@@H]1O[C@H]2CSc2nc(=O)ccn21. The van der Waals surface area contributed by atoms with Gasteiger partial charge in [-0.2, -0.15) is 4.98 Å². The van der Waals surface area contributed by atoms with Gasteiger partial charge in [0, 0.05) is 18.0 Å². The van der Waals surface area contributed by atoms with Gasteiger partial charge in [0.25, 0.3) is 5.56 Å². The van der Waals surface area contributed by atoms with Gasteiger partial charge in [0.1, 0.15) is 12.2 Å². The molecule has 2 bridgehead atoms. The third-order valence-corrected chi connectivity index (χ3v) is 4.64. The maximum absolute atomic E-state index is 11.4. The van der Waals surface area contributed by atoms with E-state index in [2.05, 4.69) is 4.98 Å². The minimum atomic E-state index is -0.586. The Morgan fingerprint density at radius 1 is 1.42 bits per heavy atom. The van der Waals surface area contributed by atoms with Gasteiger partial charge in [0.05, 0.1) is 6.10 Å². The summed E-state index contributed by atoms with van der Waals surface area (Å²) in [6.45, 7) is 3.82. The number of hydrogen-bond donors (Lipinski definition) is 0. The van der Waals surface area contributed by atoms with Crippen molar-refractivity contribution in [1.82, 2.24) is 9.55 Å². The first kappa shape index (κ1) is 11.9. The van der Waals surface area contributed by atoms with Crippen LogP contribution in [0.15, 0.2) is 22.2 Å². The summed E-state index contributed by atoms with van der Waals surface area (Å²) in [6, 6.07) is 1.45. The second-order valence-corrected chi connectivity index (χ2v) is 6.38. The van der Waals surface area contributed by atoms with Gasteiger partial charge in [-0.15, -0.1) is 0 Å². The lowest BCUT2D eigenvalue weighted by Crippen LogP contribution is -2.32. The van der Waals surface area contributed by atoms with Crippen LogP contribution in [0, 0.1) is 0 Å². The molecule has 6 nitrogen and oxygen atoms in total. The fourth-order valence-electron chi connectivity index (χ4n) is 2.87. The van der Waals surface area contributed by atoms with Gasteiger partial charge in [-0.25, -0.2) is 0 Å². The molecule has 1 aromatic rings. The molecule has 0 radical (unpaired) electrons. The van der Waals surface area contributed by atoms with Crippen LogP contribution in [0.2, 0.25) is 0 Å². The Morgan fingerprint density at radius 3 is 3.05 bits per heavy atom. The van der Waals surface area contributed by atoms with Crippen LogP contribution >= 0.6 is 11.8 Å². The lowest BCUT2D eigenvalue weighted by molar-refractivity contribution is -0.194. The number of nitrogens with zero attached hydrogens (tertiary/aromatic N) is 2. The maximum Gasteiger partial charge on any atom is 0.273 e. The predicted molar refractivity (Wildman–Crippen MR) is 67.0 cm³/mol. The van der Waals surface area contributed by atoms with E-state index in [0.717, 1.165) is 0 Å². The molecule has 4 rings (SSSR count). The monoisotopic (exact) mass is 282 g/mol. The molecule has 1 aromatic heterocycles. The van der Waals surface area contributed by atoms with E-state index in [0.29, 0.717) is 10.9 Å². The van der Waals surface area contributed by atoms with E-state index < -0.39 is 5.79 Å². The zero-order valence-corrected chi connectivity index (χ0v) is 11.4. The molecular formula is C12H14N2O4S. The second kappa shape index (κ2) is 3.82. The number of aromatic nitrogens is 2. The molecule has 0 aliphatic carbocycles. The smallest absolute Gasteiger partial charge is 0.273 e. The summed E-state index contributed by atoms with van der Waals surface area (Å²) in [5, 5.41) is 0.687. The summed E-state index contributed by atoms with van der Waals surface area (Å²) in [5.41, 5.74) is -0.225. The summed E-state index contributed by atoms with van der Waals surface area (Å²) in [5.74, 6) is 0.130. The van der Waals surface area contributed by atoms with Crippen molar-refractivity contribution in [1.29, 1.82) is 0 Å². The molecule has 2 fully saturated rings. The number of ether oxygens (including phenoxy) is 3. The number of rotatable bonds is 0. The minimum Gasteiger partial charge on any atom is -0.348 e. The zero-order chi connectivity index (χ0) is 13.2. The van der Waals surface area contributed by atoms with Crippen LogP contribution in [0.3, 0.4) is 0 Å². The van der Waals surface area contributed by atoms with Gasteiger partial charge in [-0.3, -0.25) is 9.36 Å². The first-order valence-electron chi connectivity index (χ1n) is 6.27. The topological polar surface area (TPSA) is 62.6 Å².